The second-order valence-electron chi connectivity index (χ2n) is 7.74. The van der Waals surface area contributed by atoms with Crippen molar-refractivity contribution >= 4 is 12.1 Å². The summed E-state index contributed by atoms with van der Waals surface area (Å²) >= 11 is 0. The van der Waals surface area contributed by atoms with Crippen molar-refractivity contribution in [2.24, 2.45) is 27.2 Å². The van der Waals surface area contributed by atoms with Gasteiger partial charge < -0.3 is 10.6 Å². The summed E-state index contributed by atoms with van der Waals surface area (Å²) in [6, 6.07) is 0. The van der Waals surface area contributed by atoms with Gasteiger partial charge in [-0.05, 0) is 51.1 Å². The van der Waals surface area contributed by atoms with Crippen LogP contribution in [0.15, 0.2) is 21.4 Å². The fourth-order valence-corrected chi connectivity index (χ4v) is 3.40. The average molecular weight is 319 g/mol. The molecule has 0 saturated carbocycles. The van der Waals surface area contributed by atoms with Gasteiger partial charge in [-0.1, -0.05) is 20.8 Å². The lowest BCUT2D eigenvalue weighted by Crippen LogP contribution is -2.41. The van der Waals surface area contributed by atoms with Gasteiger partial charge in [0, 0.05) is 18.8 Å². The normalized spacial score (nSPS) is 24.7. The molecule has 0 spiro atoms. The number of amidine groups is 1. The summed E-state index contributed by atoms with van der Waals surface area (Å²) in [5.41, 5.74) is 8.14. The SMILES string of the molecule is CC/N=C1\C(=C(/C)N)C=NN1CCN1CCC(C(C)(C)C)CC1. The van der Waals surface area contributed by atoms with Crippen molar-refractivity contribution < 1.29 is 0 Å². The molecule has 0 radical (unpaired) electrons. The van der Waals surface area contributed by atoms with Gasteiger partial charge in [-0.3, -0.25) is 4.99 Å². The minimum atomic E-state index is 0.435. The zero-order chi connectivity index (χ0) is 17.0. The molecule has 0 aliphatic carbocycles. The molecule has 0 aromatic carbocycles. The number of allylic oxidation sites excluding steroid dienone is 1. The maximum Gasteiger partial charge on any atom is 0.154 e. The van der Waals surface area contributed by atoms with Crippen LogP contribution in [0.3, 0.4) is 0 Å². The number of nitrogens with two attached hydrogens (primary N) is 1. The van der Waals surface area contributed by atoms with Crippen molar-refractivity contribution in [3.8, 4) is 0 Å². The van der Waals surface area contributed by atoms with Gasteiger partial charge in [-0.15, -0.1) is 0 Å². The van der Waals surface area contributed by atoms with Crippen LogP contribution in [0.2, 0.25) is 0 Å². The van der Waals surface area contributed by atoms with Crippen LogP contribution in [0.25, 0.3) is 0 Å². The van der Waals surface area contributed by atoms with Crippen LogP contribution >= 0.6 is 0 Å². The molecule has 0 bridgehead atoms. The molecule has 0 amide bonds. The number of aliphatic imine (C=N–C) groups is 1. The Labute approximate surface area is 141 Å². The van der Waals surface area contributed by atoms with E-state index >= 15 is 0 Å². The Kier molecular flexibility index (Phi) is 5.84. The first-order chi connectivity index (χ1) is 10.8. The summed E-state index contributed by atoms with van der Waals surface area (Å²) in [6.07, 6.45) is 4.45. The summed E-state index contributed by atoms with van der Waals surface area (Å²) in [5.74, 6) is 1.77. The molecule has 2 heterocycles. The molecule has 5 heteroatoms. The van der Waals surface area contributed by atoms with Crippen LogP contribution < -0.4 is 5.73 Å². The first kappa shape index (κ1) is 18.0. The molecule has 2 N–H and O–H groups in total. The molecule has 1 saturated heterocycles. The number of piperidine rings is 1. The van der Waals surface area contributed by atoms with Crippen LogP contribution in [0.4, 0.5) is 0 Å². The Bertz CT molecular complexity index is 486. The molecule has 2 aliphatic heterocycles. The molecule has 130 valence electrons. The van der Waals surface area contributed by atoms with E-state index in [1.807, 2.05) is 25.1 Å². The van der Waals surface area contributed by atoms with Crippen LogP contribution in [0.5, 0.6) is 0 Å². The summed E-state index contributed by atoms with van der Waals surface area (Å²) in [4.78, 5) is 7.13. The summed E-state index contributed by atoms with van der Waals surface area (Å²) < 4.78 is 0. The monoisotopic (exact) mass is 319 g/mol. The molecule has 2 aliphatic rings. The first-order valence-corrected chi connectivity index (χ1v) is 8.88. The predicted molar refractivity (Wildman–Crippen MR) is 98.7 cm³/mol. The Balaban J connectivity index is 1.87. The van der Waals surface area contributed by atoms with Crippen LogP contribution in [-0.2, 0) is 0 Å². The second-order valence-corrected chi connectivity index (χ2v) is 7.74. The number of rotatable bonds is 4. The molecular formula is C18H33N5. The van der Waals surface area contributed by atoms with Gasteiger partial charge in [0.2, 0.25) is 0 Å². The third-order valence-corrected chi connectivity index (χ3v) is 4.98. The molecule has 1 fully saturated rings. The summed E-state index contributed by atoms with van der Waals surface area (Å²) in [6.45, 7) is 16.1. The van der Waals surface area contributed by atoms with E-state index in [9.17, 15) is 0 Å². The maximum absolute atomic E-state index is 5.95. The number of nitrogens with zero attached hydrogens (tertiary/aromatic N) is 4. The molecule has 23 heavy (non-hydrogen) atoms. The van der Waals surface area contributed by atoms with E-state index < -0.39 is 0 Å². The van der Waals surface area contributed by atoms with E-state index in [0.717, 1.165) is 42.7 Å². The zero-order valence-electron chi connectivity index (χ0n) is 15.5. The largest absolute Gasteiger partial charge is 0.402 e. The highest BCUT2D eigenvalue weighted by molar-refractivity contribution is 6.18. The Morgan fingerprint density at radius 3 is 2.48 bits per heavy atom. The molecule has 0 atom stereocenters. The van der Waals surface area contributed by atoms with E-state index in [0.29, 0.717) is 5.41 Å². The van der Waals surface area contributed by atoms with Crippen LogP contribution in [-0.4, -0.2) is 54.7 Å². The minimum absolute atomic E-state index is 0.435. The van der Waals surface area contributed by atoms with Crippen molar-refractivity contribution in [3.63, 3.8) is 0 Å². The van der Waals surface area contributed by atoms with Crippen LogP contribution in [0, 0.1) is 11.3 Å². The topological polar surface area (TPSA) is 57.2 Å². The van der Waals surface area contributed by atoms with Gasteiger partial charge in [-0.25, -0.2) is 5.01 Å². The van der Waals surface area contributed by atoms with Gasteiger partial charge >= 0.3 is 0 Å². The van der Waals surface area contributed by atoms with Gasteiger partial charge in [0.05, 0.1) is 18.3 Å². The van der Waals surface area contributed by atoms with E-state index in [2.05, 4.69) is 35.8 Å². The van der Waals surface area contributed by atoms with E-state index in [4.69, 9.17) is 5.73 Å². The number of hydrogen-bond acceptors (Lipinski definition) is 4. The van der Waals surface area contributed by atoms with Gasteiger partial charge in [-0.2, -0.15) is 5.10 Å². The quantitative estimate of drug-likeness (QED) is 0.867. The third kappa shape index (κ3) is 4.56. The lowest BCUT2D eigenvalue weighted by atomic mass is 9.75. The van der Waals surface area contributed by atoms with Crippen LogP contribution in [0.1, 0.15) is 47.5 Å². The summed E-state index contributed by atoms with van der Waals surface area (Å²) in [7, 11) is 0. The standard InChI is InChI=1S/C18H33N5/c1-6-20-17-16(14(2)19)13-21-23(17)12-11-22-9-7-15(8-10-22)18(3,4)5/h13,15H,6-12,19H2,1-5H3/b16-14+,20-17+. The highest BCUT2D eigenvalue weighted by atomic mass is 15.5. The Morgan fingerprint density at radius 2 is 1.96 bits per heavy atom. The molecule has 0 unspecified atom stereocenters. The molecule has 0 aromatic rings. The fraction of sp³-hybridized carbons (Fsp3) is 0.778. The third-order valence-electron chi connectivity index (χ3n) is 4.98. The number of hydrazone groups is 1. The predicted octanol–water partition coefficient (Wildman–Crippen LogP) is 2.70. The second kappa shape index (κ2) is 7.47. The fourth-order valence-electron chi connectivity index (χ4n) is 3.40. The lowest BCUT2D eigenvalue weighted by Gasteiger charge is -2.39. The Hall–Kier alpha value is -1.36. The molecular weight excluding hydrogens is 286 g/mol. The lowest BCUT2D eigenvalue weighted by molar-refractivity contribution is 0.109. The van der Waals surface area contributed by atoms with Crippen molar-refractivity contribution in [3.05, 3.63) is 11.3 Å². The van der Waals surface area contributed by atoms with Crippen molar-refractivity contribution in [2.75, 3.05) is 32.7 Å². The van der Waals surface area contributed by atoms with E-state index in [1.165, 1.54) is 25.9 Å². The van der Waals surface area contributed by atoms with Gasteiger partial charge in [0.15, 0.2) is 5.84 Å². The van der Waals surface area contributed by atoms with Crippen molar-refractivity contribution in [1.29, 1.82) is 0 Å². The molecule has 0 aromatic heterocycles. The first-order valence-electron chi connectivity index (χ1n) is 8.88. The van der Waals surface area contributed by atoms with Crippen molar-refractivity contribution in [1.82, 2.24) is 9.91 Å². The minimum Gasteiger partial charge on any atom is -0.402 e. The number of likely N-dealkylation sites (tertiary alicyclic amines) is 1. The van der Waals surface area contributed by atoms with Gasteiger partial charge in [0.1, 0.15) is 0 Å². The number of hydrogen-bond donors (Lipinski definition) is 1. The molecule has 5 nitrogen and oxygen atoms in total. The summed E-state index contributed by atoms with van der Waals surface area (Å²) in [5, 5.41) is 6.50. The highest BCUT2D eigenvalue weighted by Gasteiger charge is 2.29. The van der Waals surface area contributed by atoms with Crippen molar-refractivity contribution in [2.45, 2.75) is 47.5 Å². The smallest absolute Gasteiger partial charge is 0.154 e. The van der Waals surface area contributed by atoms with Gasteiger partial charge in [0.25, 0.3) is 0 Å². The Morgan fingerprint density at radius 1 is 1.30 bits per heavy atom. The zero-order valence-corrected chi connectivity index (χ0v) is 15.5. The average Bonchev–Trinajstić information content (AvgIpc) is 2.88. The van der Waals surface area contributed by atoms with E-state index in [-0.39, 0.29) is 0 Å². The molecule has 2 rings (SSSR count). The maximum atomic E-state index is 5.95. The van der Waals surface area contributed by atoms with E-state index in [1.54, 1.807) is 0 Å². The highest BCUT2D eigenvalue weighted by Crippen LogP contribution is 2.34.